The van der Waals surface area contributed by atoms with Crippen LogP contribution in [0.15, 0.2) is 60.7 Å². The molecule has 136 valence electrons. The van der Waals surface area contributed by atoms with Crippen molar-refractivity contribution in [2.45, 2.75) is 31.5 Å². The molecule has 0 spiro atoms. The predicted octanol–water partition coefficient (Wildman–Crippen LogP) is 3.15. The van der Waals surface area contributed by atoms with Gasteiger partial charge in [0.2, 0.25) is 0 Å². The van der Waals surface area contributed by atoms with Gasteiger partial charge in [0, 0.05) is 13.1 Å². The average molecular weight is 350 g/mol. The molecule has 0 amide bonds. The van der Waals surface area contributed by atoms with Gasteiger partial charge in [-0.1, -0.05) is 60.7 Å². The van der Waals surface area contributed by atoms with E-state index in [1.54, 1.807) is 0 Å². The molecule has 2 atom stereocenters. The van der Waals surface area contributed by atoms with E-state index in [9.17, 15) is 4.79 Å². The van der Waals surface area contributed by atoms with E-state index in [2.05, 4.69) is 22.3 Å². The maximum absolute atomic E-state index is 13.0. The summed E-state index contributed by atoms with van der Waals surface area (Å²) in [4.78, 5) is 15.4. The number of benzene rings is 2. The van der Waals surface area contributed by atoms with Crippen molar-refractivity contribution in [2.75, 3.05) is 19.6 Å². The molecule has 26 heavy (non-hydrogen) atoms. The van der Waals surface area contributed by atoms with Gasteiger partial charge in [-0.2, -0.15) is 0 Å². The quantitative estimate of drug-likeness (QED) is 0.813. The van der Waals surface area contributed by atoms with Crippen molar-refractivity contribution in [3.05, 3.63) is 71.8 Å². The van der Waals surface area contributed by atoms with E-state index < -0.39 is 6.04 Å². The molecule has 1 N–H and O–H groups in total. The van der Waals surface area contributed by atoms with Crippen LogP contribution in [0.4, 0.5) is 0 Å². The summed E-state index contributed by atoms with van der Waals surface area (Å²) < 4.78 is 5.99. The Balaban J connectivity index is 1.46. The lowest BCUT2D eigenvalue weighted by molar-refractivity contribution is -0.161. The second-order valence-corrected chi connectivity index (χ2v) is 7.32. The molecule has 0 aromatic heterocycles. The Morgan fingerprint density at radius 2 is 1.69 bits per heavy atom. The van der Waals surface area contributed by atoms with Crippen molar-refractivity contribution < 1.29 is 9.53 Å². The third-order valence-electron chi connectivity index (χ3n) is 5.59. The van der Waals surface area contributed by atoms with Crippen molar-refractivity contribution in [3.8, 4) is 0 Å². The lowest BCUT2D eigenvalue weighted by Gasteiger charge is -2.44. The second kappa shape index (κ2) is 8.02. The van der Waals surface area contributed by atoms with Gasteiger partial charge < -0.3 is 4.74 Å². The highest BCUT2D eigenvalue weighted by molar-refractivity contribution is 5.78. The minimum absolute atomic E-state index is 0.0368. The van der Waals surface area contributed by atoms with Crippen LogP contribution in [-0.4, -0.2) is 36.6 Å². The fourth-order valence-electron chi connectivity index (χ4n) is 4.06. The van der Waals surface area contributed by atoms with E-state index in [1.165, 1.54) is 0 Å². The molecule has 3 aliphatic heterocycles. The van der Waals surface area contributed by atoms with E-state index >= 15 is 0 Å². The first-order valence-electron chi connectivity index (χ1n) is 9.55. The number of nitrogens with zero attached hydrogens (tertiary/aromatic N) is 1. The zero-order valence-electron chi connectivity index (χ0n) is 15.0. The van der Waals surface area contributed by atoms with E-state index in [4.69, 9.17) is 4.74 Å². The summed E-state index contributed by atoms with van der Waals surface area (Å²) in [6.45, 7) is 3.81. The number of rotatable bonds is 6. The lowest BCUT2D eigenvalue weighted by atomic mass is 9.86. The van der Waals surface area contributed by atoms with Crippen molar-refractivity contribution in [2.24, 2.45) is 5.92 Å². The zero-order valence-corrected chi connectivity index (χ0v) is 15.0. The molecule has 0 radical (unpaired) electrons. The number of nitrogens with one attached hydrogen (secondary N) is 1. The van der Waals surface area contributed by atoms with Crippen LogP contribution in [0.1, 0.15) is 30.0 Å². The maximum atomic E-state index is 13.0. The summed E-state index contributed by atoms with van der Waals surface area (Å²) in [5.41, 5.74) is 2.11. The molecule has 3 fully saturated rings. The van der Waals surface area contributed by atoms with Crippen LogP contribution in [0.2, 0.25) is 0 Å². The number of carbonyl (C=O) groups is 1. The van der Waals surface area contributed by atoms with Crippen molar-refractivity contribution >= 4 is 5.97 Å². The monoisotopic (exact) mass is 350 g/mol. The molecule has 0 saturated carbocycles. The first-order chi connectivity index (χ1) is 12.8. The Hall–Kier alpha value is -2.17. The van der Waals surface area contributed by atoms with Crippen LogP contribution in [0.5, 0.6) is 0 Å². The van der Waals surface area contributed by atoms with Crippen LogP contribution in [0.3, 0.4) is 0 Å². The fourth-order valence-corrected chi connectivity index (χ4v) is 4.06. The smallest absolute Gasteiger partial charge is 0.328 e. The molecular formula is C22H26N2O2. The third-order valence-corrected chi connectivity index (χ3v) is 5.59. The van der Waals surface area contributed by atoms with Gasteiger partial charge in [0.05, 0.1) is 0 Å². The number of esters is 1. The molecule has 5 rings (SSSR count). The van der Waals surface area contributed by atoms with Crippen molar-refractivity contribution in [3.63, 3.8) is 0 Å². The summed E-state index contributed by atoms with van der Waals surface area (Å²) >= 11 is 0. The van der Waals surface area contributed by atoms with E-state index in [1.807, 2.05) is 48.5 Å². The summed E-state index contributed by atoms with van der Waals surface area (Å²) in [5.74, 6) is 0.361. The first-order valence-corrected chi connectivity index (χ1v) is 9.55. The number of hydrogen-bond donors (Lipinski definition) is 1. The van der Waals surface area contributed by atoms with Gasteiger partial charge in [0.25, 0.3) is 0 Å². The second-order valence-electron chi connectivity index (χ2n) is 7.32. The zero-order chi connectivity index (χ0) is 17.8. The number of carbonyl (C=O) groups excluding carboxylic acids is 1. The molecule has 3 saturated heterocycles. The van der Waals surface area contributed by atoms with Gasteiger partial charge in [0.15, 0.2) is 0 Å². The highest BCUT2D eigenvalue weighted by Crippen LogP contribution is 2.30. The molecule has 4 nitrogen and oxygen atoms in total. The Kier molecular flexibility index (Phi) is 5.32. The van der Waals surface area contributed by atoms with Crippen LogP contribution in [-0.2, 0) is 16.1 Å². The molecule has 0 aliphatic carbocycles. The van der Waals surface area contributed by atoms with Crippen molar-refractivity contribution in [1.82, 2.24) is 10.2 Å². The topological polar surface area (TPSA) is 41.6 Å². The number of fused-ring (bicyclic) bond motifs is 3. The minimum atomic E-state index is -0.438. The molecular weight excluding hydrogens is 324 g/mol. The SMILES string of the molecule is O=C(O[C@H]1CN2CCC1CC2)C(NCc1ccccc1)c1ccccc1. The molecule has 1 unspecified atom stereocenters. The molecule has 2 aromatic carbocycles. The fraction of sp³-hybridized carbons (Fsp3) is 0.409. The molecule has 4 heteroatoms. The van der Waals surface area contributed by atoms with Gasteiger partial charge in [0.1, 0.15) is 12.1 Å². The third kappa shape index (κ3) is 3.97. The van der Waals surface area contributed by atoms with Gasteiger partial charge in [-0.25, -0.2) is 4.79 Å². The molecule has 3 heterocycles. The van der Waals surface area contributed by atoms with Crippen molar-refractivity contribution in [1.29, 1.82) is 0 Å². The average Bonchev–Trinajstić information content (AvgIpc) is 2.71. The van der Waals surface area contributed by atoms with Gasteiger partial charge >= 0.3 is 5.97 Å². The lowest BCUT2D eigenvalue weighted by Crippen LogP contribution is -2.52. The predicted molar refractivity (Wildman–Crippen MR) is 102 cm³/mol. The minimum Gasteiger partial charge on any atom is -0.459 e. The van der Waals surface area contributed by atoms with E-state index in [0.717, 1.165) is 43.6 Å². The largest absolute Gasteiger partial charge is 0.459 e. The highest BCUT2D eigenvalue weighted by atomic mass is 16.5. The number of hydrogen-bond acceptors (Lipinski definition) is 4. The van der Waals surface area contributed by atoms with Gasteiger partial charge in [-0.3, -0.25) is 10.2 Å². The van der Waals surface area contributed by atoms with Gasteiger partial charge in [-0.05, 0) is 43.0 Å². The highest BCUT2D eigenvalue weighted by Gasteiger charge is 2.37. The summed E-state index contributed by atoms with van der Waals surface area (Å²) in [7, 11) is 0. The Morgan fingerprint density at radius 3 is 2.31 bits per heavy atom. The Bertz CT molecular complexity index is 711. The Morgan fingerprint density at radius 1 is 1.04 bits per heavy atom. The van der Waals surface area contributed by atoms with Crippen LogP contribution < -0.4 is 5.32 Å². The van der Waals surface area contributed by atoms with Crippen LogP contribution >= 0.6 is 0 Å². The van der Waals surface area contributed by atoms with Crippen LogP contribution in [0, 0.1) is 5.92 Å². The molecule has 2 aromatic rings. The Labute approximate surface area is 155 Å². The number of piperidine rings is 3. The molecule has 2 bridgehead atoms. The molecule has 3 aliphatic rings. The van der Waals surface area contributed by atoms with Crippen LogP contribution in [0.25, 0.3) is 0 Å². The number of ether oxygens (including phenoxy) is 1. The first kappa shape index (κ1) is 17.3. The summed E-state index contributed by atoms with van der Waals surface area (Å²) in [6, 6.07) is 19.6. The standard InChI is InChI=1S/C22H26N2O2/c25-22(26-20-16-24-13-11-18(20)12-14-24)21(19-9-5-2-6-10-19)23-15-17-7-3-1-4-8-17/h1-10,18,20-21,23H,11-16H2/t20-,21?/m0/s1. The maximum Gasteiger partial charge on any atom is 0.328 e. The normalized spacial score (nSPS) is 25.6. The van der Waals surface area contributed by atoms with Gasteiger partial charge in [-0.15, -0.1) is 0 Å². The van der Waals surface area contributed by atoms with E-state index in [-0.39, 0.29) is 12.1 Å². The van der Waals surface area contributed by atoms with E-state index in [0.29, 0.717) is 12.5 Å². The summed E-state index contributed by atoms with van der Waals surface area (Å²) in [6.07, 6.45) is 2.33. The summed E-state index contributed by atoms with van der Waals surface area (Å²) in [5, 5.41) is 3.40.